The first-order valence-corrected chi connectivity index (χ1v) is 6.31. The minimum atomic E-state index is -0.626. The highest BCUT2D eigenvalue weighted by atomic mass is 16.3. The van der Waals surface area contributed by atoms with Crippen LogP contribution in [0.15, 0.2) is 24.3 Å². The van der Waals surface area contributed by atoms with Crippen molar-refractivity contribution in [3.05, 3.63) is 35.4 Å². The van der Waals surface area contributed by atoms with E-state index >= 15 is 0 Å². The standard InChI is InChI=1S/C15H22O/c1-4-12-6-8-13(9-7-12)15(16)11-5-10-14(15,2)3/h6-9,16H,4-5,10-11H2,1-3H3. The van der Waals surface area contributed by atoms with Gasteiger partial charge in [0.1, 0.15) is 0 Å². The molecule has 1 saturated carbocycles. The largest absolute Gasteiger partial charge is 0.385 e. The summed E-state index contributed by atoms with van der Waals surface area (Å²) in [5.41, 5.74) is 1.80. The van der Waals surface area contributed by atoms with Crippen molar-refractivity contribution >= 4 is 0 Å². The number of aliphatic hydroxyl groups is 1. The van der Waals surface area contributed by atoms with E-state index in [1.165, 1.54) is 5.56 Å². The molecule has 1 N–H and O–H groups in total. The number of hydrogen-bond donors (Lipinski definition) is 1. The van der Waals surface area contributed by atoms with Crippen LogP contribution in [0, 0.1) is 5.41 Å². The Labute approximate surface area is 98.5 Å². The summed E-state index contributed by atoms with van der Waals surface area (Å²) < 4.78 is 0. The van der Waals surface area contributed by atoms with E-state index in [2.05, 4.69) is 45.0 Å². The van der Waals surface area contributed by atoms with Gasteiger partial charge in [0.15, 0.2) is 0 Å². The molecule has 1 aliphatic carbocycles. The van der Waals surface area contributed by atoms with Gasteiger partial charge < -0.3 is 5.11 Å². The second kappa shape index (κ2) is 3.89. The van der Waals surface area contributed by atoms with Gasteiger partial charge in [-0.1, -0.05) is 45.0 Å². The zero-order chi connectivity index (χ0) is 11.8. The molecular formula is C15H22O. The van der Waals surface area contributed by atoms with Gasteiger partial charge in [0.25, 0.3) is 0 Å². The molecule has 0 saturated heterocycles. The van der Waals surface area contributed by atoms with Crippen LogP contribution in [0.1, 0.15) is 51.2 Å². The molecule has 0 spiro atoms. The Kier molecular flexibility index (Phi) is 2.83. The van der Waals surface area contributed by atoms with Crippen molar-refractivity contribution in [1.82, 2.24) is 0 Å². The molecule has 0 radical (unpaired) electrons. The Morgan fingerprint density at radius 3 is 2.19 bits per heavy atom. The highest BCUT2D eigenvalue weighted by molar-refractivity contribution is 5.30. The Hall–Kier alpha value is -0.820. The molecule has 1 nitrogen and oxygen atoms in total. The zero-order valence-corrected chi connectivity index (χ0v) is 10.6. The SMILES string of the molecule is CCc1ccc(C2(O)CCCC2(C)C)cc1. The van der Waals surface area contributed by atoms with Crippen molar-refractivity contribution in [2.24, 2.45) is 5.41 Å². The van der Waals surface area contributed by atoms with Crippen LogP contribution in [0.4, 0.5) is 0 Å². The zero-order valence-electron chi connectivity index (χ0n) is 10.6. The molecule has 1 fully saturated rings. The highest BCUT2D eigenvalue weighted by Crippen LogP contribution is 2.52. The first-order chi connectivity index (χ1) is 7.49. The molecule has 0 aromatic heterocycles. The molecule has 1 aliphatic rings. The van der Waals surface area contributed by atoms with Gasteiger partial charge in [0.2, 0.25) is 0 Å². The molecule has 2 rings (SSSR count). The molecule has 1 aromatic carbocycles. The van der Waals surface area contributed by atoms with Crippen molar-refractivity contribution in [2.45, 2.75) is 52.1 Å². The van der Waals surface area contributed by atoms with Crippen molar-refractivity contribution in [3.63, 3.8) is 0 Å². The number of benzene rings is 1. The summed E-state index contributed by atoms with van der Waals surface area (Å²) in [6.45, 7) is 6.50. The predicted octanol–water partition coefficient (Wildman–Crippen LogP) is 3.65. The first kappa shape index (κ1) is 11.7. The lowest BCUT2D eigenvalue weighted by Gasteiger charge is -2.37. The fourth-order valence-corrected chi connectivity index (χ4v) is 2.88. The molecule has 1 aromatic rings. The van der Waals surface area contributed by atoms with Crippen LogP contribution in [0.5, 0.6) is 0 Å². The van der Waals surface area contributed by atoms with Crippen LogP contribution in [0.3, 0.4) is 0 Å². The lowest BCUT2D eigenvalue weighted by Crippen LogP contribution is -2.36. The highest BCUT2D eigenvalue weighted by Gasteiger charge is 2.48. The normalized spacial score (nSPS) is 28.2. The van der Waals surface area contributed by atoms with Crippen molar-refractivity contribution in [1.29, 1.82) is 0 Å². The second-order valence-electron chi connectivity index (χ2n) is 5.65. The number of hydrogen-bond acceptors (Lipinski definition) is 1. The maximum atomic E-state index is 10.9. The smallest absolute Gasteiger partial charge is 0.0947 e. The fraction of sp³-hybridized carbons (Fsp3) is 0.600. The fourth-order valence-electron chi connectivity index (χ4n) is 2.88. The van der Waals surface area contributed by atoms with Gasteiger partial charge in [0, 0.05) is 0 Å². The second-order valence-corrected chi connectivity index (χ2v) is 5.65. The molecule has 0 bridgehead atoms. The van der Waals surface area contributed by atoms with Gasteiger partial charge in [-0.05, 0) is 42.2 Å². The van der Waals surface area contributed by atoms with Crippen LogP contribution < -0.4 is 0 Å². The third-order valence-electron chi connectivity index (χ3n) is 4.30. The topological polar surface area (TPSA) is 20.2 Å². The van der Waals surface area contributed by atoms with Crippen molar-refractivity contribution in [2.75, 3.05) is 0 Å². The van der Waals surface area contributed by atoms with E-state index in [-0.39, 0.29) is 5.41 Å². The predicted molar refractivity (Wildman–Crippen MR) is 67.3 cm³/mol. The van der Waals surface area contributed by atoms with Crippen molar-refractivity contribution in [3.8, 4) is 0 Å². The third-order valence-corrected chi connectivity index (χ3v) is 4.30. The monoisotopic (exact) mass is 218 g/mol. The molecule has 1 heteroatoms. The van der Waals surface area contributed by atoms with E-state index in [4.69, 9.17) is 0 Å². The summed E-state index contributed by atoms with van der Waals surface area (Å²) in [7, 11) is 0. The molecule has 1 unspecified atom stereocenters. The maximum absolute atomic E-state index is 10.9. The van der Waals surface area contributed by atoms with E-state index < -0.39 is 5.60 Å². The van der Waals surface area contributed by atoms with Crippen LogP contribution in [-0.4, -0.2) is 5.11 Å². The average Bonchev–Trinajstić information content (AvgIpc) is 2.55. The van der Waals surface area contributed by atoms with Crippen LogP contribution in [0.2, 0.25) is 0 Å². The molecule has 88 valence electrons. The summed E-state index contributed by atoms with van der Waals surface area (Å²) in [5, 5.41) is 10.9. The van der Waals surface area contributed by atoms with E-state index in [0.717, 1.165) is 31.2 Å². The van der Waals surface area contributed by atoms with E-state index in [9.17, 15) is 5.11 Å². The van der Waals surface area contributed by atoms with E-state index in [0.29, 0.717) is 0 Å². The Morgan fingerprint density at radius 1 is 1.12 bits per heavy atom. The summed E-state index contributed by atoms with van der Waals surface area (Å²) in [6.07, 6.45) is 4.19. The number of aryl methyl sites for hydroxylation is 1. The molecule has 1 atom stereocenters. The Bertz CT molecular complexity index is 364. The first-order valence-electron chi connectivity index (χ1n) is 6.31. The van der Waals surface area contributed by atoms with Gasteiger partial charge in [-0.3, -0.25) is 0 Å². The molecular weight excluding hydrogens is 196 g/mol. The minimum absolute atomic E-state index is 0.000726. The molecule has 16 heavy (non-hydrogen) atoms. The van der Waals surface area contributed by atoms with Gasteiger partial charge in [-0.2, -0.15) is 0 Å². The molecule has 0 aliphatic heterocycles. The van der Waals surface area contributed by atoms with Crippen LogP contribution >= 0.6 is 0 Å². The number of rotatable bonds is 2. The quantitative estimate of drug-likeness (QED) is 0.803. The summed E-state index contributed by atoms with van der Waals surface area (Å²) in [4.78, 5) is 0. The van der Waals surface area contributed by atoms with Crippen LogP contribution in [0.25, 0.3) is 0 Å². The van der Waals surface area contributed by atoms with Gasteiger partial charge in [-0.25, -0.2) is 0 Å². The van der Waals surface area contributed by atoms with Gasteiger partial charge in [0.05, 0.1) is 5.60 Å². The van der Waals surface area contributed by atoms with Crippen molar-refractivity contribution < 1.29 is 5.11 Å². The molecule has 0 amide bonds. The lowest BCUT2D eigenvalue weighted by atomic mass is 9.73. The Balaban J connectivity index is 2.35. The lowest BCUT2D eigenvalue weighted by molar-refractivity contribution is -0.0485. The third kappa shape index (κ3) is 1.67. The summed E-state index contributed by atoms with van der Waals surface area (Å²) in [6, 6.07) is 8.49. The van der Waals surface area contributed by atoms with E-state index in [1.807, 2.05) is 0 Å². The summed E-state index contributed by atoms with van der Waals surface area (Å²) >= 11 is 0. The van der Waals surface area contributed by atoms with Crippen LogP contribution in [-0.2, 0) is 12.0 Å². The molecule has 0 heterocycles. The average molecular weight is 218 g/mol. The van der Waals surface area contributed by atoms with Gasteiger partial charge >= 0.3 is 0 Å². The maximum Gasteiger partial charge on any atom is 0.0947 e. The summed E-state index contributed by atoms with van der Waals surface area (Å²) in [5.74, 6) is 0. The van der Waals surface area contributed by atoms with Gasteiger partial charge in [-0.15, -0.1) is 0 Å². The van der Waals surface area contributed by atoms with E-state index in [1.54, 1.807) is 0 Å². The minimum Gasteiger partial charge on any atom is -0.385 e. The Morgan fingerprint density at radius 2 is 1.75 bits per heavy atom.